The number of aliphatic hydroxyl groups is 1. The van der Waals surface area contributed by atoms with Gasteiger partial charge in [0.2, 0.25) is 0 Å². The highest BCUT2D eigenvalue weighted by Gasteiger charge is 2.15. The van der Waals surface area contributed by atoms with Crippen LogP contribution in [0.5, 0.6) is 5.75 Å². The number of hydrogen-bond donors (Lipinski definition) is 2. The van der Waals surface area contributed by atoms with E-state index in [1.165, 1.54) is 5.56 Å². The third-order valence-electron chi connectivity index (χ3n) is 2.59. The molecule has 0 saturated carbocycles. The quantitative estimate of drug-likeness (QED) is 0.758. The lowest BCUT2D eigenvalue weighted by atomic mass is 10.1. The summed E-state index contributed by atoms with van der Waals surface area (Å²) in [5.74, 6) is 0.758. The molecule has 0 saturated heterocycles. The second kappa shape index (κ2) is 8.52. The summed E-state index contributed by atoms with van der Waals surface area (Å²) in [5.41, 5.74) is 0.679. The molecule has 0 radical (unpaired) electrons. The minimum absolute atomic E-state index is 0.203. The molecule has 2 N–H and O–H groups in total. The van der Waals surface area contributed by atoms with E-state index in [4.69, 9.17) is 14.6 Å². The van der Waals surface area contributed by atoms with Gasteiger partial charge in [0.15, 0.2) is 0 Å². The van der Waals surface area contributed by atoms with Crippen molar-refractivity contribution < 1.29 is 19.4 Å². The average molecular weight is 295 g/mol. The van der Waals surface area contributed by atoms with E-state index < -0.39 is 11.7 Å². The second-order valence-corrected chi connectivity index (χ2v) is 5.75. The zero-order valence-corrected chi connectivity index (χ0v) is 13.0. The third-order valence-corrected chi connectivity index (χ3v) is 2.59. The molecule has 1 rings (SSSR count). The van der Waals surface area contributed by atoms with E-state index in [1.54, 1.807) is 0 Å². The van der Waals surface area contributed by atoms with Crippen LogP contribution in [0.15, 0.2) is 24.3 Å². The van der Waals surface area contributed by atoms with Crippen molar-refractivity contribution in [2.24, 2.45) is 0 Å². The molecule has 5 nitrogen and oxygen atoms in total. The van der Waals surface area contributed by atoms with Crippen molar-refractivity contribution in [3.8, 4) is 5.75 Å². The van der Waals surface area contributed by atoms with E-state index in [-0.39, 0.29) is 6.61 Å². The Balaban J connectivity index is 2.22. The van der Waals surface area contributed by atoms with Gasteiger partial charge in [0, 0.05) is 6.61 Å². The molecular weight excluding hydrogens is 270 g/mol. The van der Waals surface area contributed by atoms with Crippen molar-refractivity contribution in [2.45, 2.75) is 39.2 Å². The SMILES string of the molecule is CC(C)(C)OC(=O)NCCOc1ccc(CCCO)cc1. The van der Waals surface area contributed by atoms with Crippen LogP contribution in [0.1, 0.15) is 32.8 Å². The molecule has 0 bridgehead atoms. The zero-order chi connectivity index (χ0) is 15.7. The molecule has 1 aromatic carbocycles. The summed E-state index contributed by atoms with van der Waals surface area (Å²) < 4.78 is 10.6. The van der Waals surface area contributed by atoms with Crippen molar-refractivity contribution in [1.29, 1.82) is 0 Å². The monoisotopic (exact) mass is 295 g/mol. The predicted molar refractivity (Wildman–Crippen MR) is 81.6 cm³/mol. The summed E-state index contributed by atoms with van der Waals surface area (Å²) in [6, 6.07) is 7.74. The maximum absolute atomic E-state index is 11.4. The maximum Gasteiger partial charge on any atom is 0.407 e. The summed E-state index contributed by atoms with van der Waals surface area (Å²) in [7, 11) is 0. The predicted octanol–water partition coefficient (Wildman–Crippen LogP) is 2.52. The molecule has 0 unspecified atom stereocenters. The summed E-state index contributed by atoms with van der Waals surface area (Å²) in [6.45, 7) is 6.44. The Bertz CT molecular complexity index is 423. The van der Waals surface area contributed by atoms with Crippen molar-refractivity contribution in [2.75, 3.05) is 19.8 Å². The number of carbonyl (C=O) groups is 1. The number of carbonyl (C=O) groups excluding carboxylic acids is 1. The van der Waals surface area contributed by atoms with E-state index in [1.807, 2.05) is 45.0 Å². The fourth-order valence-electron chi connectivity index (χ4n) is 1.67. The van der Waals surface area contributed by atoms with Crippen LogP contribution in [0, 0.1) is 0 Å². The van der Waals surface area contributed by atoms with Crippen LogP contribution >= 0.6 is 0 Å². The molecule has 0 aromatic heterocycles. The van der Waals surface area contributed by atoms with Gasteiger partial charge < -0.3 is 19.9 Å². The Hall–Kier alpha value is -1.75. The number of amides is 1. The van der Waals surface area contributed by atoms with Crippen molar-refractivity contribution in [3.63, 3.8) is 0 Å². The van der Waals surface area contributed by atoms with Gasteiger partial charge in [-0.15, -0.1) is 0 Å². The first kappa shape index (κ1) is 17.3. The minimum Gasteiger partial charge on any atom is -0.492 e. The van der Waals surface area contributed by atoms with Crippen LogP contribution in [-0.2, 0) is 11.2 Å². The standard InChI is InChI=1S/C16H25NO4/c1-16(2,3)21-15(19)17-10-12-20-14-8-6-13(7-9-14)5-4-11-18/h6-9,18H,4-5,10-12H2,1-3H3,(H,17,19). The van der Waals surface area contributed by atoms with Gasteiger partial charge in [-0.3, -0.25) is 0 Å². The molecule has 0 spiro atoms. The largest absolute Gasteiger partial charge is 0.492 e. The number of ether oxygens (including phenoxy) is 2. The lowest BCUT2D eigenvalue weighted by molar-refractivity contribution is 0.0520. The minimum atomic E-state index is -0.491. The number of hydrogen-bond acceptors (Lipinski definition) is 4. The van der Waals surface area contributed by atoms with Crippen molar-refractivity contribution in [1.82, 2.24) is 5.32 Å². The van der Waals surface area contributed by atoms with Gasteiger partial charge in [-0.1, -0.05) is 12.1 Å². The molecule has 0 heterocycles. The molecule has 0 atom stereocenters. The molecule has 1 amide bonds. The molecule has 1 aromatic rings. The van der Waals surface area contributed by atoms with Crippen LogP contribution in [0.25, 0.3) is 0 Å². The van der Waals surface area contributed by atoms with E-state index in [9.17, 15) is 4.79 Å². The fraction of sp³-hybridized carbons (Fsp3) is 0.562. The molecule has 5 heteroatoms. The average Bonchev–Trinajstić information content (AvgIpc) is 2.41. The van der Waals surface area contributed by atoms with Gasteiger partial charge in [-0.25, -0.2) is 4.79 Å². The number of benzene rings is 1. The van der Waals surface area contributed by atoms with Gasteiger partial charge in [0.25, 0.3) is 0 Å². The number of aliphatic hydroxyl groups excluding tert-OH is 1. The van der Waals surface area contributed by atoms with Gasteiger partial charge in [-0.2, -0.15) is 0 Å². The summed E-state index contributed by atoms with van der Waals surface area (Å²) in [5, 5.41) is 11.4. The van der Waals surface area contributed by atoms with Crippen LogP contribution < -0.4 is 10.1 Å². The van der Waals surface area contributed by atoms with E-state index in [2.05, 4.69) is 5.32 Å². The first-order valence-corrected chi connectivity index (χ1v) is 7.20. The molecule has 21 heavy (non-hydrogen) atoms. The Kier molecular flexibility index (Phi) is 7.02. The molecule has 0 aliphatic rings. The third kappa shape index (κ3) is 8.19. The first-order valence-electron chi connectivity index (χ1n) is 7.20. The molecule has 0 fully saturated rings. The summed E-state index contributed by atoms with van der Waals surface area (Å²) >= 11 is 0. The Morgan fingerprint density at radius 1 is 1.24 bits per heavy atom. The fourth-order valence-corrected chi connectivity index (χ4v) is 1.67. The van der Waals surface area contributed by atoms with E-state index in [0.717, 1.165) is 18.6 Å². The van der Waals surface area contributed by atoms with E-state index >= 15 is 0 Å². The Morgan fingerprint density at radius 2 is 1.90 bits per heavy atom. The Labute approximate surface area is 126 Å². The highest BCUT2D eigenvalue weighted by atomic mass is 16.6. The summed E-state index contributed by atoms with van der Waals surface area (Å²) in [4.78, 5) is 11.4. The number of aryl methyl sites for hydroxylation is 1. The lowest BCUT2D eigenvalue weighted by Gasteiger charge is -2.19. The maximum atomic E-state index is 11.4. The van der Waals surface area contributed by atoms with Gasteiger partial charge >= 0.3 is 6.09 Å². The van der Waals surface area contributed by atoms with Crippen LogP contribution in [0.2, 0.25) is 0 Å². The lowest BCUT2D eigenvalue weighted by Crippen LogP contribution is -2.34. The number of nitrogens with one attached hydrogen (secondary N) is 1. The summed E-state index contributed by atoms with van der Waals surface area (Å²) in [6.07, 6.45) is 1.18. The second-order valence-electron chi connectivity index (χ2n) is 5.75. The molecule has 0 aliphatic heterocycles. The van der Waals surface area contributed by atoms with Gasteiger partial charge in [-0.05, 0) is 51.3 Å². The van der Waals surface area contributed by atoms with Crippen molar-refractivity contribution in [3.05, 3.63) is 29.8 Å². The normalized spacial score (nSPS) is 11.0. The highest BCUT2D eigenvalue weighted by molar-refractivity contribution is 5.67. The zero-order valence-electron chi connectivity index (χ0n) is 13.0. The molecule has 0 aliphatic carbocycles. The molecular formula is C16H25NO4. The van der Waals surface area contributed by atoms with Crippen LogP contribution in [-0.4, -0.2) is 36.6 Å². The topological polar surface area (TPSA) is 67.8 Å². The van der Waals surface area contributed by atoms with Gasteiger partial charge in [0.1, 0.15) is 18.0 Å². The van der Waals surface area contributed by atoms with E-state index in [0.29, 0.717) is 13.2 Å². The highest BCUT2D eigenvalue weighted by Crippen LogP contribution is 2.13. The molecule has 118 valence electrons. The number of rotatable bonds is 7. The number of alkyl carbamates (subject to hydrolysis) is 1. The first-order chi connectivity index (χ1) is 9.90. The Morgan fingerprint density at radius 3 is 2.48 bits per heavy atom. The van der Waals surface area contributed by atoms with Crippen LogP contribution in [0.4, 0.5) is 4.79 Å². The van der Waals surface area contributed by atoms with Crippen molar-refractivity contribution >= 4 is 6.09 Å². The smallest absolute Gasteiger partial charge is 0.407 e. The van der Waals surface area contributed by atoms with Crippen LogP contribution in [0.3, 0.4) is 0 Å². The van der Waals surface area contributed by atoms with Gasteiger partial charge in [0.05, 0.1) is 6.54 Å².